The first-order valence-electron chi connectivity index (χ1n) is 11.1. The van der Waals surface area contributed by atoms with Gasteiger partial charge in [0.1, 0.15) is 11.1 Å². The lowest BCUT2D eigenvalue weighted by Crippen LogP contribution is -2.28. The molecule has 0 bridgehead atoms. The van der Waals surface area contributed by atoms with E-state index in [0.717, 1.165) is 36.8 Å². The standard InChI is InChI=1S/C24H26N6O2S2/c1-14-8-10-16(11-9-14)22(32)26-15(2)21-28-29-24(30(21)3)33-13-20(31)27-23-18(12-25)17-6-4-5-7-19(17)34-23/h8-11,15H,4-7,13H2,1-3H3,(H,26,32)(H,27,31). The lowest BCUT2D eigenvalue weighted by atomic mass is 9.96. The zero-order valence-electron chi connectivity index (χ0n) is 19.3. The number of nitrogens with one attached hydrogen (secondary N) is 2. The minimum absolute atomic E-state index is 0.142. The number of nitrogens with zero attached hydrogens (tertiary/aromatic N) is 4. The average molecular weight is 495 g/mol. The number of benzene rings is 1. The van der Waals surface area contributed by atoms with Gasteiger partial charge in [-0.1, -0.05) is 29.5 Å². The summed E-state index contributed by atoms with van der Waals surface area (Å²) in [7, 11) is 1.81. The minimum Gasteiger partial charge on any atom is -0.342 e. The van der Waals surface area contributed by atoms with E-state index in [2.05, 4.69) is 26.9 Å². The molecule has 34 heavy (non-hydrogen) atoms. The molecule has 1 aromatic carbocycles. The second kappa shape index (κ2) is 10.4. The lowest BCUT2D eigenvalue weighted by Gasteiger charge is -2.13. The number of fused-ring (bicyclic) bond motifs is 1. The molecule has 0 spiro atoms. The summed E-state index contributed by atoms with van der Waals surface area (Å²) >= 11 is 2.78. The van der Waals surface area contributed by atoms with Crippen molar-refractivity contribution >= 4 is 39.9 Å². The van der Waals surface area contributed by atoms with Crippen molar-refractivity contribution in [2.45, 2.75) is 50.7 Å². The van der Waals surface area contributed by atoms with Crippen LogP contribution in [-0.4, -0.2) is 32.3 Å². The van der Waals surface area contributed by atoms with Gasteiger partial charge in [-0.25, -0.2) is 0 Å². The van der Waals surface area contributed by atoms with E-state index in [1.807, 2.05) is 33.0 Å². The van der Waals surface area contributed by atoms with Crippen LogP contribution in [0, 0.1) is 18.3 Å². The molecule has 2 aromatic heterocycles. The Morgan fingerprint density at radius 1 is 1.24 bits per heavy atom. The average Bonchev–Trinajstić information content (AvgIpc) is 3.37. The highest BCUT2D eigenvalue weighted by atomic mass is 32.2. The van der Waals surface area contributed by atoms with Gasteiger partial charge in [0.25, 0.3) is 5.91 Å². The first-order chi connectivity index (χ1) is 16.4. The molecule has 2 heterocycles. The second-order valence-electron chi connectivity index (χ2n) is 8.32. The third kappa shape index (κ3) is 5.16. The van der Waals surface area contributed by atoms with Crippen molar-refractivity contribution < 1.29 is 9.59 Å². The molecule has 2 amide bonds. The zero-order valence-corrected chi connectivity index (χ0v) is 21.0. The topological polar surface area (TPSA) is 113 Å². The number of amides is 2. The Balaban J connectivity index is 1.36. The predicted molar refractivity (Wildman–Crippen MR) is 133 cm³/mol. The number of hydrogen-bond donors (Lipinski definition) is 2. The van der Waals surface area contributed by atoms with Crippen LogP contribution in [-0.2, 0) is 24.7 Å². The molecule has 4 rings (SSSR count). The number of rotatable bonds is 7. The summed E-state index contributed by atoms with van der Waals surface area (Å²) in [6.07, 6.45) is 4.08. The third-order valence-corrected chi connectivity index (χ3v) is 8.01. The molecule has 1 aliphatic rings. The Labute approximate surface area is 206 Å². The molecule has 10 heteroatoms. The maximum Gasteiger partial charge on any atom is 0.251 e. The minimum atomic E-state index is -0.356. The van der Waals surface area contributed by atoms with E-state index in [4.69, 9.17) is 0 Å². The normalized spacial score (nSPS) is 13.6. The van der Waals surface area contributed by atoms with Crippen molar-refractivity contribution in [1.29, 1.82) is 5.26 Å². The van der Waals surface area contributed by atoms with E-state index in [-0.39, 0.29) is 23.6 Å². The van der Waals surface area contributed by atoms with Crippen LogP contribution in [0.15, 0.2) is 29.4 Å². The predicted octanol–water partition coefficient (Wildman–Crippen LogP) is 4.16. The largest absolute Gasteiger partial charge is 0.342 e. The highest BCUT2D eigenvalue weighted by molar-refractivity contribution is 7.99. The Kier molecular flexibility index (Phi) is 7.34. The van der Waals surface area contributed by atoms with Gasteiger partial charge in [0.15, 0.2) is 11.0 Å². The molecular weight excluding hydrogens is 468 g/mol. The second-order valence-corrected chi connectivity index (χ2v) is 10.4. The number of aryl methyl sites for hydroxylation is 2. The molecule has 0 saturated heterocycles. The van der Waals surface area contributed by atoms with Gasteiger partial charge < -0.3 is 15.2 Å². The van der Waals surface area contributed by atoms with Crippen LogP contribution in [0.2, 0.25) is 0 Å². The summed E-state index contributed by atoms with van der Waals surface area (Å²) in [6.45, 7) is 3.82. The van der Waals surface area contributed by atoms with Gasteiger partial charge in [-0.3, -0.25) is 9.59 Å². The van der Waals surface area contributed by atoms with Crippen molar-refractivity contribution in [3.8, 4) is 6.07 Å². The fourth-order valence-corrected chi connectivity index (χ4v) is 5.92. The highest BCUT2D eigenvalue weighted by Gasteiger charge is 2.23. The molecule has 1 atom stereocenters. The van der Waals surface area contributed by atoms with E-state index in [9.17, 15) is 14.9 Å². The number of carbonyl (C=O) groups excluding carboxylic acids is 2. The smallest absolute Gasteiger partial charge is 0.251 e. The molecule has 0 radical (unpaired) electrons. The van der Waals surface area contributed by atoms with Gasteiger partial charge in [-0.2, -0.15) is 5.26 Å². The van der Waals surface area contributed by atoms with Crippen LogP contribution in [0.25, 0.3) is 0 Å². The Bertz CT molecular complexity index is 1260. The molecule has 176 valence electrons. The van der Waals surface area contributed by atoms with Gasteiger partial charge in [0.05, 0.1) is 17.4 Å². The molecule has 0 aliphatic heterocycles. The summed E-state index contributed by atoms with van der Waals surface area (Å²) < 4.78 is 1.78. The van der Waals surface area contributed by atoms with Gasteiger partial charge in [0.2, 0.25) is 5.91 Å². The van der Waals surface area contributed by atoms with Crippen molar-refractivity contribution in [3.05, 3.63) is 57.2 Å². The van der Waals surface area contributed by atoms with Crippen molar-refractivity contribution in [3.63, 3.8) is 0 Å². The number of nitriles is 1. The number of anilines is 1. The summed E-state index contributed by atoms with van der Waals surface area (Å²) in [6, 6.07) is 9.28. The van der Waals surface area contributed by atoms with Crippen LogP contribution in [0.5, 0.6) is 0 Å². The summed E-state index contributed by atoms with van der Waals surface area (Å²) in [5.74, 6) is 0.367. The van der Waals surface area contributed by atoms with Crippen LogP contribution in [0.3, 0.4) is 0 Å². The Hall–Kier alpha value is -3.16. The number of thioether (sulfide) groups is 1. The van der Waals surface area contributed by atoms with E-state index >= 15 is 0 Å². The van der Waals surface area contributed by atoms with Crippen molar-refractivity contribution in [2.24, 2.45) is 7.05 Å². The quantitative estimate of drug-likeness (QED) is 0.477. The molecule has 3 aromatic rings. The van der Waals surface area contributed by atoms with Crippen LogP contribution in [0.1, 0.15) is 63.6 Å². The first kappa shape index (κ1) is 24.0. The number of thiophene rings is 1. The molecule has 2 N–H and O–H groups in total. The van der Waals surface area contributed by atoms with Crippen LogP contribution < -0.4 is 10.6 Å². The fraction of sp³-hybridized carbons (Fsp3) is 0.375. The number of hydrogen-bond acceptors (Lipinski definition) is 7. The monoisotopic (exact) mass is 494 g/mol. The summed E-state index contributed by atoms with van der Waals surface area (Å²) in [5, 5.41) is 25.0. The Morgan fingerprint density at radius 3 is 2.71 bits per heavy atom. The van der Waals surface area contributed by atoms with Gasteiger partial charge >= 0.3 is 0 Å². The van der Waals surface area contributed by atoms with Gasteiger partial charge in [0, 0.05) is 17.5 Å². The third-order valence-electron chi connectivity index (χ3n) is 5.79. The maximum atomic E-state index is 12.6. The SMILES string of the molecule is Cc1ccc(C(=O)NC(C)c2nnc(SCC(=O)Nc3sc4c(c3C#N)CCCC4)n2C)cc1. The molecule has 1 aliphatic carbocycles. The Morgan fingerprint density at radius 2 is 1.97 bits per heavy atom. The van der Waals surface area contributed by atoms with E-state index < -0.39 is 0 Å². The first-order valence-corrected chi connectivity index (χ1v) is 12.9. The van der Waals surface area contributed by atoms with Crippen LogP contribution >= 0.6 is 23.1 Å². The van der Waals surface area contributed by atoms with Gasteiger partial charge in [-0.05, 0) is 57.2 Å². The molecule has 0 fully saturated rings. The fourth-order valence-electron chi connectivity index (χ4n) is 3.94. The summed E-state index contributed by atoms with van der Waals surface area (Å²) in [4.78, 5) is 26.3. The van der Waals surface area contributed by atoms with E-state index in [1.165, 1.54) is 28.0 Å². The van der Waals surface area contributed by atoms with E-state index in [1.54, 1.807) is 16.7 Å². The van der Waals surface area contributed by atoms with E-state index in [0.29, 0.717) is 27.1 Å². The molecular formula is C24H26N6O2S2. The van der Waals surface area contributed by atoms with Crippen LogP contribution in [0.4, 0.5) is 5.00 Å². The zero-order chi connectivity index (χ0) is 24.2. The van der Waals surface area contributed by atoms with Crippen molar-refractivity contribution in [2.75, 3.05) is 11.1 Å². The number of aromatic nitrogens is 3. The lowest BCUT2D eigenvalue weighted by molar-refractivity contribution is -0.113. The van der Waals surface area contributed by atoms with Crippen molar-refractivity contribution in [1.82, 2.24) is 20.1 Å². The van der Waals surface area contributed by atoms with Gasteiger partial charge in [-0.15, -0.1) is 21.5 Å². The maximum absolute atomic E-state index is 12.6. The molecule has 0 saturated carbocycles. The summed E-state index contributed by atoms with van der Waals surface area (Å²) in [5.41, 5.74) is 3.38. The highest BCUT2D eigenvalue weighted by Crippen LogP contribution is 2.37. The number of carbonyl (C=O) groups is 2. The molecule has 1 unspecified atom stereocenters. The molecule has 8 nitrogen and oxygen atoms in total.